The Hall–Kier alpha value is -1.30. The van der Waals surface area contributed by atoms with E-state index < -0.39 is 5.60 Å². The van der Waals surface area contributed by atoms with Crippen LogP contribution < -0.4 is 5.32 Å². The van der Waals surface area contributed by atoms with Gasteiger partial charge < -0.3 is 19.9 Å². The fraction of sp³-hybridized carbons (Fsp3) is 0.867. The van der Waals surface area contributed by atoms with Crippen molar-refractivity contribution in [1.29, 1.82) is 0 Å². The van der Waals surface area contributed by atoms with Crippen molar-refractivity contribution in [1.82, 2.24) is 15.1 Å². The lowest BCUT2D eigenvalue weighted by atomic mass is 10.1. The highest BCUT2D eigenvalue weighted by Gasteiger charge is 2.27. The SMILES string of the molecule is CCN(C)C(=O)CNC1CCCN(C(=O)OC(C)(C)C)C1. The smallest absolute Gasteiger partial charge is 0.410 e. The van der Waals surface area contributed by atoms with Gasteiger partial charge in [0, 0.05) is 32.7 Å². The van der Waals surface area contributed by atoms with Gasteiger partial charge in [-0.2, -0.15) is 0 Å². The Balaban J connectivity index is 2.42. The molecular weight excluding hydrogens is 270 g/mol. The van der Waals surface area contributed by atoms with Crippen LogP contribution in [0.1, 0.15) is 40.5 Å². The summed E-state index contributed by atoms with van der Waals surface area (Å²) in [7, 11) is 1.79. The van der Waals surface area contributed by atoms with Crippen LogP contribution in [0.5, 0.6) is 0 Å². The number of carbonyl (C=O) groups excluding carboxylic acids is 2. The van der Waals surface area contributed by atoms with Gasteiger partial charge in [0.1, 0.15) is 5.60 Å². The largest absolute Gasteiger partial charge is 0.444 e. The molecule has 6 heteroatoms. The number of piperidine rings is 1. The van der Waals surface area contributed by atoms with E-state index in [2.05, 4.69) is 5.32 Å². The Bertz CT molecular complexity index is 366. The molecule has 122 valence electrons. The zero-order valence-electron chi connectivity index (χ0n) is 13.9. The van der Waals surface area contributed by atoms with Crippen LogP contribution in [-0.4, -0.2) is 66.7 Å². The van der Waals surface area contributed by atoms with E-state index in [-0.39, 0.29) is 18.0 Å². The van der Waals surface area contributed by atoms with E-state index in [1.165, 1.54) is 0 Å². The Kier molecular flexibility index (Phi) is 6.45. The van der Waals surface area contributed by atoms with Gasteiger partial charge in [-0.05, 0) is 40.5 Å². The maximum Gasteiger partial charge on any atom is 0.410 e. The molecule has 2 amide bonds. The highest BCUT2D eigenvalue weighted by molar-refractivity contribution is 5.78. The second kappa shape index (κ2) is 7.64. The third-order valence-electron chi connectivity index (χ3n) is 3.52. The van der Waals surface area contributed by atoms with Gasteiger partial charge in [-0.3, -0.25) is 4.79 Å². The molecule has 1 aliphatic rings. The average molecular weight is 299 g/mol. The number of likely N-dealkylation sites (N-methyl/N-ethyl adjacent to an activating group) is 1. The molecular formula is C15H29N3O3. The molecule has 21 heavy (non-hydrogen) atoms. The Morgan fingerprint density at radius 2 is 2.05 bits per heavy atom. The minimum atomic E-state index is -0.475. The first-order valence-corrected chi connectivity index (χ1v) is 7.68. The summed E-state index contributed by atoms with van der Waals surface area (Å²) in [6.07, 6.45) is 1.63. The molecule has 0 aromatic carbocycles. The van der Waals surface area contributed by atoms with Crippen LogP contribution in [0.2, 0.25) is 0 Å². The number of nitrogens with one attached hydrogen (secondary N) is 1. The predicted molar refractivity (Wildman–Crippen MR) is 82.1 cm³/mol. The van der Waals surface area contributed by atoms with Gasteiger partial charge in [0.25, 0.3) is 0 Å². The molecule has 0 aromatic heterocycles. The summed E-state index contributed by atoms with van der Waals surface area (Å²) in [4.78, 5) is 27.2. The van der Waals surface area contributed by atoms with Gasteiger partial charge in [-0.15, -0.1) is 0 Å². The highest BCUT2D eigenvalue weighted by Crippen LogP contribution is 2.15. The molecule has 1 rings (SSSR count). The van der Waals surface area contributed by atoms with Gasteiger partial charge in [0.15, 0.2) is 0 Å². The van der Waals surface area contributed by atoms with Gasteiger partial charge in [0.2, 0.25) is 5.91 Å². The molecule has 0 aliphatic carbocycles. The van der Waals surface area contributed by atoms with E-state index in [4.69, 9.17) is 4.74 Å². The molecule has 6 nitrogen and oxygen atoms in total. The first kappa shape index (κ1) is 17.8. The van der Waals surface area contributed by atoms with Crippen molar-refractivity contribution in [2.45, 2.75) is 52.2 Å². The molecule has 0 aromatic rings. The Morgan fingerprint density at radius 3 is 2.62 bits per heavy atom. The number of nitrogens with zero attached hydrogens (tertiary/aromatic N) is 2. The molecule has 1 fully saturated rings. The zero-order valence-corrected chi connectivity index (χ0v) is 13.9. The summed E-state index contributed by atoms with van der Waals surface area (Å²) in [5.41, 5.74) is -0.475. The van der Waals surface area contributed by atoms with E-state index in [1.54, 1.807) is 16.8 Å². The monoisotopic (exact) mass is 299 g/mol. The van der Waals surface area contributed by atoms with Crippen LogP contribution in [-0.2, 0) is 9.53 Å². The van der Waals surface area contributed by atoms with E-state index in [9.17, 15) is 9.59 Å². The fourth-order valence-corrected chi connectivity index (χ4v) is 2.18. The molecule has 1 unspecified atom stereocenters. The lowest BCUT2D eigenvalue weighted by Gasteiger charge is -2.34. The van der Waals surface area contributed by atoms with Crippen LogP contribution in [0.15, 0.2) is 0 Å². The number of hydrogen-bond donors (Lipinski definition) is 1. The Labute approximate surface area is 127 Å². The number of likely N-dealkylation sites (tertiary alicyclic amines) is 1. The quantitative estimate of drug-likeness (QED) is 0.853. The molecule has 0 spiro atoms. The van der Waals surface area contributed by atoms with E-state index in [1.807, 2.05) is 27.7 Å². The Morgan fingerprint density at radius 1 is 1.38 bits per heavy atom. The minimum absolute atomic E-state index is 0.0758. The summed E-state index contributed by atoms with van der Waals surface area (Å²) >= 11 is 0. The van der Waals surface area contributed by atoms with Crippen LogP contribution in [0.4, 0.5) is 4.79 Å². The molecule has 1 atom stereocenters. The second-order valence-electron chi connectivity index (χ2n) is 6.55. The van der Waals surface area contributed by atoms with Crippen molar-refractivity contribution in [3.05, 3.63) is 0 Å². The lowest BCUT2D eigenvalue weighted by Crippen LogP contribution is -2.51. The van der Waals surface area contributed by atoms with Crippen molar-refractivity contribution in [3.63, 3.8) is 0 Å². The summed E-state index contributed by atoms with van der Waals surface area (Å²) in [5.74, 6) is 0.0758. The molecule has 1 saturated heterocycles. The topological polar surface area (TPSA) is 61.9 Å². The highest BCUT2D eigenvalue weighted by atomic mass is 16.6. The third-order valence-corrected chi connectivity index (χ3v) is 3.52. The maximum absolute atomic E-state index is 12.1. The number of amides is 2. The normalized spacial score (nSPS) is 19.3. The first-order valence-electron chi connectivity index (χ1n) is 7.68. The minimum Gasteiger partial charge on any atom is -0.444 e. The fourth-order valence-electron chi connectivity index (χ4n) is 2.18. The summed E-state index contributed by atoms with van der Waals surface area (Å²) in [6, 6.07) is 0.153. The van der Waals surface area contributed by atoms with E-state index >= 15 is 0 Å². The van der Waals surface area contributed by atoms with E-state index in [0.29, 0.717) is 19.6 Å². The van der Waals surface area contributed by atoms with Gasteiger partial charge in [-0.1, -0.05) is 0 Å². The van der Waals surface area contributed by atoms with Crippen molar-refractivity contribution in [2.24, 2.45) is 0 Å². The van der Waals surface area contributed by atoms with Gasteiger partial charge in [0.05, 0.1) is 6.54 Å². The van der Waals surface area contributed by atoms with E-state index in [0.717, 1.165) is 19.4 Å². The summed E-state index contributed by atoms with van der Waals surface area (Å²) in [6.45, 7) is 9.88. The van der Waals surface area contributed by atoms with Crippen molar-refractivity contribution >= 4 is 12.0 Å². The van der Waals surface area contributed by atoms with Crippen LogP contribution in [0, 0.1) is 0 Å². The third kappa shape index (κ3) is 6.33. The molecule has 1 aliphatic heterocycles. The average Bonchev–Trinajstić information content (AvgIpc) is 2.42. The molecule has 1 heterocycles. The lowest BCUT2D eigenvalue weighted by molar-refractivity contribution is -0.128. The van der Waals surface area contributed by atoms with Crippen molar-refractivity contribution in [3.8, 4) is 0 Å². The number of ether oxygens (including phenoxy) is 1. The first-order chi connectivity index (χ1) is 9.73. The number of hydrogen-bond acceptors (Lipinski definition) is 4. The van der Waals surface area contributed by atoms with Gasteiger partial charge >= 0.3 is 6.09 Å². The molecule has 0 radical (unpaired) electrons. The van der Waals surface area contributed by atoms with Crippen LogP contribution >= 0.6 is 0 Å². The molecule has 0 saturated carbocycles. The van der Waals surface area contributed by atoms with Crippen LogP contribution in [0.3, 0.4) is 0 Å². The number of rotatable bonds is 4. The summed E-state index contributed by atoms with van der Waals surface area (Å²) in [5, 5.41) is 3.24. The predicted octanol–water partition coefficient (Wildman–Crippen LogP) is 1.45. The second-order valence-corrected chi connectivity index (χ2v) is 6.55. The maximum atomic E-state index is 12.1. The molecule has 1 N–H and O–H groups in total. The summed E-state index contributed by atoms with van der Waals surface area (Å²) < 4.78 is 5.39. The standard InChI is InChI=1S/C15H29N3O3/c1-6-17(5)13(19)10-16-12-8-7-9-18(11-12)14(20)21-15(2,3)4/h12,16H,6-11H2,1-5H3. The number of carbonyl (C=O) groups is 2. The zero-order chi connectivity index (χ0) is 16.0. The van der Waals surface area contributed by atoms with Crippen molar-refractivity contribution < 1.29 is 14.3 Å². The van der Waals surface area contributed by atoms with Crippen molar-refractivity contribution in [2.75, 3.05) is 33.2 Å². The van der Waals surface area contributed by atoms with Crippen LogP contribution in [0.25, 0.3) is 0 Å². The van der Waals surface area contributed by atoms with Gasteiger partial charge in [-0.25, -0.2) is 4.79 Å². The molecule has 0 bridgehead atoms.